The SMILES string of the molecule is CC1(C)[NH2+]C(=O)[NH2+]C1=O.[Cl-].[Cl-].[Cl-].[Cl-]. The van der Waals surface area contributed by atoms with Crippen molar-refractivity contribution in [2.24, 2.45) is 0 Å². The third-order valence-electron chi connectivity index (χ3n) is 1.41. The van der Waals surface area contributed by atoms with Gasteiger partial charge in [-0.15, -0.1) is 0 Å². The first-order valence-electron chi connectivity index (χ1n) is 2.81. The molecule has 8 heteroatoms. The van der Waals surface area contributed by atoms with Gasteiger partial charge in [0.2, 0.25) is 5.54 Å². The normalized spacial score (nSPS) is 17.4. The van der Waals surface area contributed by atoms with Crippen LogP contribution in [0.15, 0.2) is 0 Å². The number of imide groups is 1. The zero-order valence-corrected chi connectivity index (χ0v) is 10.0. The predicted octanol–water partition coefficient (Wildman–Crippen LogP) is -14.4. The number of primary amides is 3. The van der Waals surface area contributed by atoms with Crippen molar-refractivity contribution in [3.8, 4) is 0 Å². The van der Waals surface area contributed by atoms with E-state index in [1.165, 1.54) is 5.32 Å². The molecule has 0 spiro atoms. The Morgan fingerprint density at radius 1 is 1.00 bits per heavy atom. The molecular weight excluding hydrogens is 262 g/mol. The number of carbonyl (C=O) groups is 2. The van der Waals surface area contributed by atoms with Crippen molar-refractivity contribution >= 4 is 11.9 Å². The lowest BCUT2D eigenvalue weighted by Gasteiger charge is -2.01. The maximum atomic E-state index is 10.8. The van der Waals surface area contributed by atoms with Gasteiger partial charge >= 0.3 is 11.9 Å². The van der Waals surface area contributed by atoms with Gasteiger partial charge in [-0.2, -0.15) is 10.1 Å². The second kappa shape index (κ2) is 7.79. The predicted molar refractivity (Wildman–Crippen MR) is 28.3 cm³/mol. The smallest absolute Gasteiger partial charge is 0.516 e. The highest BCUT2D eigenvalue weighted by atomic mass is 35.5. The van der Waals surface area contributed by atoms with Gasteiger partial charge in [0.1, 0.15) is 0 Å². The number of nitrogens with two attached hydrogens (primary N) is 2. The molecule has 4 nitrogen and oxygen atoms in total. The lowest BCUT2D eigenvalue weighted by molar-refractivity contribution is -0.642. The van der Waals surface area contributed by atoms with Crippen LogP contribution in [-0.4, -0.2) is 17.5 Å². The van der Waals surface area contributed by atoms with E-state index < -0.39 is 5.54 Å². The van der Waals surface area contributed by atoms with Crippen LogP contribution in [0.3, 0.4) is 0 Å². The van der Waals surface area contributed by atoms with Gasteiger partial charge in [-0.05, 0) is 0 Å². The third-order valence-corrected chi connectivity index (χ3v) is 1.41. The van der Waals surface area contributed by atoms with E-state index >= 15 is 0 Å². The molecule has 4 N–H and O–H groups in total. The summed E-state index contributed by atoms with van der Waals surface area (Å²) in [6.45, 7) is 3.47. The Hall–Kier alpha value is 0.420. The molecule has 0 saturated carbocycles. The topological polar surface area (TPSA) is 67.4 Å². The molecule has 0 aromatic rings. The number of rotatable bonds is 0. The maximum Gasteiger partial charge on any atom is 0.516 e. The molecule has 0 bridgehead atoms. The molecular formula is C5H10Cl4N2O2-2. The molecule has 13 heavy (non-hydrogen) atoms. The number of hydrogen-bond acceptors (Lipinski definition) is 2. The van der Waals surface area contributed by atoms with Crippen molar-refractivity contribution < 1.29 is 69.9 Å². The fourth-order valence-electron chi connectivity index (χ4n) is 0.784. The summed E-state index contributed by atoms with van der Waals surface area (Å²) in [6.07, 6.45) is 0. The Kier molecular flexibility index (Phi) is 14.0. The monoisotopic (exact) mass is 270 g/mol. The second-order valence-electron chi connectivity index (χ2n) is 2.78. The molecule has 1 fully saturated rings. The summed E-state index contributed by atoms with van der Waals surface area (Å²) in [5.41, 5.74) is -0.545. The van der Waals surface area contributed by atoms with Crippen LogP contribution in [0.4, 0.5) is 4.79 Å². The molecule has 3 amide bonds. The van der Waals surface area contributed by atoms with E-state index in [9.17, 15) is 9.59 Å². The fraction of sp³-hybridized carbons (Fsp3) is 0.600. The van der Waals surface area contributed by atoms with Gasteiger partial charge in [0, 0.05) is 13.8 Å². The van der Waals surface area contributed by atoms with E-state index in [-0.39, 0.29) is 61.6 Å². The molecule has 1 saturated heterocycles. The zero-order valence-electron chi connectivity index (χ0n) is 6.98. The maximum absolute atomic E-state index is 10.8. The summed E-state index contributed by atoms with van der Waals surface area (Å²) >= 11 is 0. The molecule has 1 aliphatic heterocycles. The van der Waals surface area contributed by atoms with Crippen molar-refractivity contribution in [3.05, 3.63) is 0 Å². The molecule has 0 unspecified atom stereocenters. The molecule has 82 valence electrons. The summed E-state index contributed by atoms with van der Waals surface area (Å²) in [7, 11) is 0. The number of halogens is 4. The van der Waals surface area contributed by atoms with Gasteiger partial charge in [-0.3, -0.25) is 0 Å². The zero-order chi connectivity index (χ0) is 7.07. The first kappa shape index (κ1) is 23.3. The largest absolute Gasteiger partial charge is 1.00 e. The van der Waals surface area contributed by atoms with E-state index in [2.05, 4.69) is 0 Å². The van der Waals surface area contributed by atoms with Gasteiger partial charge in [0.05, 0.1) is 0 Å². The molecule has 0 radical (unpaired) electrons. The van der Waals surface area contributed by atoms with Crippen LogP contribution < -0.4 is 60.3 Å². The van der Waals surface area contributed by atoms with Gasteiger partial charge in [-0.1, -0.05) is 0 Å². The van der Waals surface area contributed by atoms with Gasteiger partial charge < -0.3 is 49.6 Å². The van der Waals surface area contributed by atoms with E-state index in [0.717, 1.165) is 5.32 Å². The summed E-state index contributed by atoms with van der Waals surface area (Å²) < 4.78 is 0. The Bertz CT molecular complexity index is 185. The van der Waals surface area contributed by atoms with Crippen molar-refractivity contribution in [1.29, 1.82) is 0 Å². The van der Waals surface area contributed by atoms with Crippen molar-refractivity contribution in [2.75, 3.05) is 0 Å². The van der Waals surface area contributed by atoms with Crippen LogP contribution in [0.2, 0.25) is 0 Å². The van der Waals surface area contributed by atoms with Crippen LogP contribution in [0.1, 0.15) is 13.8 Å². The minimum Gasteiger partial charge on any atom is -1.00 e. The van der Waals surface area contributed by atoms with E-state index in [1.54, 1.807) is 13.8 Å². The lowest BCUT2D eigenvalue weighted by atomic mass is 10.1. The van der Waals surface area contributed by atoms with Gasteiger partial charge in [0.15, 0.2) is 0 Å². The highest BCUT2D eigenvalue weighted by Gasteiger charge is 2.48. The number of urea groups is 1. The minimum absolute atomic E-state index is 0. The average molecular weight is 272 g/mol. The van der Waals surface area contributed by atoms with Crippen LogP contribution in [-0.2, 0) is 4.79 Å². The lowest BCUT2D eigenvalue weighted by Crippen LogP contribution is -3.02. The fourth-order valence-corrected chi connectivity index (χ4v) is 0.784. The summed E-state index contributed by atoms with van der Waals surface area (Å²) in [4.78, 5) is 21.3. The summed E-state index contributed by atoms with van der Waals surface area (Å²) in [5.74, 6) is -0.0903. The number of hydrogen-bond donors (Lipinski definition) is 2. The van der Waals surface area contributed by atoms with Crippen LogP contribution in [0, 0.1) is 0 Å². The van der Waals surface area contributed by atoms with Crippen molar-refractivity contribution in [1.82, 2.24) is 0 Å². The first-order chi connectivity index (χ1) is 4.02. The van der Waals surface area contributed by atoms with Crippen molar-refractivity contribution in [2.45, 2.75) is 19.4 Å². The number of amides is 3. The Balaban J connectivity index is -0.000000101. The second-order valence-corrected chi connectivity index (χ2v) is 2.78. The first-order valence-corrected chi connectivity index (χ1v) is 2.81. The summed E-state index contributed by atoms with van der Waals surface area (Å²) in [5, 5.41) is 2.58. The van der Waals surface area contributed by atoms with E-state index in [0.29, 0.717) is 0 Å². The van der Waals surface area contributed by atoms with Gasteiger partial charge in [-0.25, -0.2) is 10.1 Å². The van der Waals surface area contributed by atoms with Crippen LogP contribution in [0.25, 0.3) is 0 Å². The Labute approximate surface area is 101 Å². The number of quaternary nitrogens is 2. The average Bonchev–Trinajstić information content (AvgIpc) is 1.79. The van der Waals surface area contributed by atoms with E-state index in [1.807, 2.05) is 0 Å². The Morgan fingerprint density at radius 3 is 1.46 bits per heavy atom. The molecule has 0 aromatic heterocycles. The van der Waals surface area contributed by atoms with E-state index in [4.69, 9.17) is 0 Å². The quantitative estimate of drug-likeness (QED) is 0.430. The molecule has 0 atom stereocenters. The highest BCUT2D eigenvalue weighted by Crippen LogP contribution is 1.91. The van der Waals surface area contributed by atoms with Gasteiger partial charge in [0.25, 0.3) is 0 Å². The minimum atomic E-state index is -0.545. The van der Waals surface area contributed by atoms with Crippen LogP contribution >= 0.6 is 0 Å². The Morgan fingerprint density at radius 2 is 1.38 bits per heavy atom. The summed E-state index contributed by atoms with van der Waals surface area (Å²) in [6, 6.07) is -0.162. The molecule has 1 heterocycles. The molecule has 0 aromatic carbocycles. The number of carbonyl (C=O) groups excluding carboxylic acids is 2. The standard InChI is InChI=1S/C5H8N2O2.4ClH/c1-5(2)3(8)6-4(9)7-5;;;;/h1-2H3,(H2,6,7,8,9);4*1H/p-2. The third kappa shape index (κ3) is 5.67. The van der Waals surface area contributed by atoms with Crippen LogP contribution in [0.5, 0.6) is 0 Å². The van der Waals surface area contributed by atoms with Crippen molar-refractivity contribution in [3.63, 3.8) is 0 Å². The molecule has 1 aliphatic rings. The molecule has 1 rings (SSSR count). The molecule has 0 aliphatic carbocycles. The highest BCUT2D eigenvalue weighted by molar-refractivity contribution is 5.85.